The van der Waals surface area contributed by atoms with Crippen molar-refractivity contribution in [2.45, 2.75) is 18.7 Å². The summed E-state index contributed by atoms with van der Waals surface area (Å²) < 4.78 is 27.6. The SMILES string of the molecule is Cc1ccc(S(=O)(=O)Nc2ccc(C(=O)Nc3ccccc3)cc2C)cc1. The van der Waals surface area contributed by atoms with Crippen molar-refractivity contribution in [3.8, 4) is 0 Å². The van der Waals surface area contributed by atoms with Crippen molar-refractivity contribution in [1.29, 1.82) is 0 Å². The van der Waals surface area contributed by atoms with E-state index in [0.29, 0.717) is 22.5 Å². The van der Waals surface area contributed by atoms with Gasteiger partial charge in [-0.25, -0.2) is 8.42 Å². The molecule has 0 radical (unpaired) electrons. The molecule has 3 aromatic carbocycles. The monoisotopic (exact) mass is 380 g/mol. The summed E-state index contributed by atoms with van der Waals surface area (Å²) in [5.74, 6) is -0.253. The molecule has 138 valence electrons. The molecule has 0 aromatic heterocycles. The van der Waals surface area contributed by atoms with E-state index in [9.17, 15) is 13.2 Å². The van der Waals surface area contributed by atoms with Crippen LogP contribution >= 0.6 is 0 Å². The Morgan fingerprint density at radius 1 is 0.852 bits per heavy atom. The lowest BCUT2D eigenvalue weighted by Crippen LogP contribution is -2.15. The first kappa shape index (κ1) is 18.7. The molecule has 0 unspecified atom stereocenters. The molecule has 0 saturated heterocycles. The zero-order valence-electron chi connectivity index (χ0n) is 15.1. The Morgan fingerprint density at radius 2 is 1.52 bits per heavy atom. The molecule has 6 heteroatoms. The molecule has 27 heavy (non-hydrogen) atoms. The summed E-state index contributed by atoms with van der Waals surface area (Å²) in [6.07, 6.45) is 0. The Kier molecular flexibility index (Phi) is 5.28. The van der Waals surface area contributed by atoms with Crippen LogP contribution in [0.25, 0.3) is 0 Å². The summed E-state index contributed by atoms with van der Waals surface area (Å²) in [5.41, 5.74) is 3.23. The van der Waals surface area contributed by atoms with E-state index in [-0.39, 0.29) is 10.8 Å². The van der Waals surface area contributed by atoms with Crippen LogP contribution < -0.4 is 10.0 Å². The van der Waals surface area contributed by atoms with Gasteiger partial charge in [0.25, 0.3) is 15.9 Å². The molecule has 0 fully saturated rings. The summed E-state index contributed by atoms with van der Waals surface area (Å²) in [6.45, 7) is 3.65. The van der Waals surface area contributed by atoms with Crippen LogP contribution in [0, 0.1) is 13.8 Å². The van der Waals surface area contributed by atoms with E-state index in [2.05, 4.69) is 10.0 Å². The normalized spacial score (nSPS) is 11.0. The fraction of sp³-hybridized carbons (Fsp3) is 0.0952. The van der Waals surface area contributed by atoms with E-state index < -0.39 is 10.0 Å². The standard InChI is InChI=1S/C21H20N2O3S/c1-15-8-11-19(12-9-15)27(25,26)23-20-13-10-17(14-16(20)2)21(24)22-18-6-4-3-5-7-18/h3-14,23H,1-2H3,(H,22,24). The van der Waals surface area contributed by atoms with Crippen molar-refractivity contribution in [2.24, 2.45) is 0 Å². The molecule has 3 rings (SSSR count). The van der Waals surface area contributed by atoms with Gasteiger partial charge < -0.3 is 5.32 Å². The van der Waals surface area contributed by atoms with Gasteiger partial charge in [-0.3, -0.25) is 9.52 Å². The second kappa shape index (κ2) is 7.63. The number of sulfonamides is 1. The average Bonchev–Trinajstić information content (AvgIpc) is 2.64. The number of nitrogens with one attached hydrogen (secondary N) is 2. The van der Waals surface area contributed by atoms with Crippen molar-refractivity contribution in [2.75, 3.05) is 10.0 Å². The van der Waals surface area contributed by atoms with Crippen LogP contribution in [-0.4, -0.2) is 14.3 Å². The van der Waals surface area contributed by atoms with Crippen molar-refractivity contribution in [3.63, 3.8) is 0 Å². The first-order chi connectivity index (χ1) is 12.8. The number of rotatable bonds is 5. The lowest BCUT2D eigenvalue weighted by atomic mass is 10.1. The Morgan fingerprint density at radius 3 is 2.15 bits per heavy atom. The maximum atomic E-state index is 12.5. The van der Waals surface area contributed by atoms with E-state index in [1.54, 1.807) is 61.5 Å². The third-order valence-electron chi connectivity index (χ3n) is 4.10. The molecule has 0 aliphatic heterocycles. The van der Waals surface area contributed by atoms with E-state index >= 15 is 0 Å². The molecule has 5 nitrogen and oxygen atoms in total. The molecule has 0 heterocycles. The third-order valence-corrected chi connectivity index (χ3v) is 5.48. The highest BCUT2D eigenvalue weighted by molar-refractivity contribution is 7.92. The second-order valence-corrected chi connectivity index (χ2v) is 7.95. The highest BCUT2D eigenvalue weighted by Gasteiger charge is 2.16. The Hall–Kier alpha value is -3.12. The van der Waals surface area contributed by atoms with Crippen LogP contribution in [0.5, 0.6) is 0 Å². The molecule has 0 atom stereocenters. The van der Waals surface area contributed by atoms with Crippen molar-refractivity contribution >= 4 is 27.3 Å². The first-order valence-electron chi connectivity index (χ1n) is 8.42. The maximum Gasteiger partial charge on any atom is 0.261 e. The van der Waals surface area contributed by atoms with Crippen LogP contribution in [0.2, 0.25) is 0 Å². The number of benzene rings is 3. The minimum absolute atomic E-state index is 0.193. The van der Waals surface area contributed by atoms with Gasteiger partial charge in [0, 0.05) is 11.3 Å². The smallest absolute Gasteiger partial charge is 0.261 e. The Bertz CT molecular complexity index is 1060. The number of anilines is 2. The first-order valence-corrected chi connectivity index (χ1v) is 9.90. The summed E-state index contributed by atoms with van der Waals surface area (Å²) in [7, 11) is -3.68. The molecule has 1 amide bonds. The van der Waals surface area contributed by atoms with Crippen LogP contribution in [0.4, 0.5) is 11.4 Å². The lowest BCUT2D eigenvalue weighted by Gasteiger charge is -2.12. The predicted octanol–water partition coefficient (Wildman–Crippen LogP) is 4.36. The van der Waals surface area contributed by atoms with Crippen molar-refractivity contribution < 1.29 is 13.2 Å². The van der Waals surface area contributed by atoms with Gasteiger partial charge >= 0.3 is 0 Å². The third kappa shape index (κ3) is 4.54. The molecule has 3 aromatic rings. The van der Waals surface area contributed by atoms with Gasteiger partial charge in [-0.1, -0.05) is 35.9 Å². The number of aryl methyl sites for hydroxylation is 2. The number of carbonyl (C=O) groups excluding carboxylic acids is 1. The topological polar surface area (TPSA) is 75.3 Å². The van der Waals surface area contributed by atoms with Gasteiger partial charge in [-0.15, -0.1) is 0 Å². The molecule has 0 bridgehead atoms. The molecule has 2 N–H and O–H groups in total. The van der Waals surface area contributed by atoms with Gasteiger partial charge in [0.15, 0.2) is 0 Å². The van der Waals surface area contributed by atoms with Crippen molar-refractivity contribution in [1.82, 2.24) is 0 Å². The van der Waals surface area contributed by atoms with E-state index in [1.807, 2.05) is 25.1 Å². The number of hydrogen-bond donors (Lipinski definition) is 2. The van der Waals surface area contributed by atoms with Gasteiger partial charge in [0.1, 0.15) is 0 Å². The van der Waals surface area contributed by atoms with Gasteiger partial charge in [-0.2, -0.15) is 0 Å². The largest absolute Gasteiger partial charge is 0.322 e. The van der Waals surface area contributed by atoms with Crippen LogP contribution in [0.3, 0.4) is 0 Å². The molecule has 0 spiro atoms. The molecule has 0 aliphatic carbocycles. The number of para-hydroxylation sites is 1. The Balaban J connectivity index is 1.78. The molecular weight excluding hydrogens is 360 g/mol. The summed E-state index contributed by atoms with van der Waals surface area (Å²) >= 11 is 0. The number of hydrogen-bond acceptors (Lipinski definition) is 3. The van der Waals surface area contributed by atoms with Gasteiger partial charge in [-0.05, 0) is 61.9 Å². The fourth-order valence-electron chi connectivity index (χ4n) is 2.57. The summed E-state index contributed by atoms with van der Waals surface area (Å²) in [5, 5.41) is 2.81. The zero-order valence-corrected chi connectivity index (χ0v) is 15.9. The number of amides is 1. The molecular formula is C21H20N2O3S. The van der Waals surface area contributed by atoms with Crippen LogP contribution in [-0.2, 0) is 10.0 Å². The minimum atomic E-state index is -3.68. The Labute approximate surface area is 159 Å². The quantitative estimate of drug-likeness (QED) is 0.691. The highest BCUT2D eigenvalue weighted by atomic mass is 32.2. The van der Waals surface area contributed by atoms with E-state index in [4.69, 9.17) is 0 Å². The molecule has 0 saturated carbocycles. The summed E-state index contributed by atoms with van der Waals surface area (Å²) in [4.78, 5) is 12.6. The number of carbonyl (C=O) groups is 1. The highest BCUT2D eigenvalue weighted by Crippen LogP contribution is 2.22. The maximum absolute atomic E-state index is 12.5. The zero-order chi connectivity index (χ0) is 19.4. The van der Waals surface area contributed by atoms with E-state index in [1.165, 1.54) is 0 Å². The van der Waals surface area contributed by atoms with Gasteiger partial charge in [0.2, 0.25) is 0 Å². The van der Waals surface area contributed by atoms with Crippen molar-refractivity contribution in [3.05, 3.63) is 89.5 Å². The molecule has 0 aliphatic rings. The lowest BCUT2D eigenvalue weighted by molar-refractivity contribution is 0.102. The van der Waals surface area contributed by atoms with Crippen LogP contribution in [0.1, 0.15) is 21.5 Å². The van der Waals surface area contributed by atoms with Gasteiger partial charge in [0.05, 0.1) is 10.6 Å². The van der Waals surface area contributed by atoms with Crippen LogP contribution in [0.15, 0.2) is 77.7 Å². The second-order valence-electron chi connectivity index (χ2n) is 6.27. The summed E-state index contributed by atoms with van der Waals surface area (Å²) in [6, 6.07) is 20.6. The predicted molar refractivity (Wildman–Crippen MR) is 108 cm³/mol. The van der Waals surface area contributed by atoms with E-state index in [0.717, 1.165) is 5.56 Å². The minimum Gasteiger partial charge on any atom is -0.322 e. The fourth-order valence-corrected chi connectivity index (χ4v) is 3.70. The average molecular weight is 380 g/mol.